The third kappa shape index (κ3) is 5.67. The van der Waals surface area contributed by atoms with Gasteiger partial charge < -0.3 is 15.0 Å². The van der Waals surface area contributed by atoms with E-state index in [1.807, 2.05) is 6.07 Å². The minimum absolute atomic E-state index is 0.0309. The van der Waals surface area contributed by atoms with E-state index in [2.05, 4.69) is 14.8 Å². The van der Waals surface area contributed by atoms with Crippen LogP contribution in [0.25, 0.3) is 0 Å². The van der Waals surface area contributed by atoms with Gasteiger partial charge in [-0.2, -0.15) is 5.26 Å². The average Bonchev–Trinajstić information content (AvgIpc) is 2.68. The molecule has 1 aromatic rings. The normalized spacial score (nSPS) is 15.0. The van der Waals surface area contributed by atoms with Gasteiger partial charge in [0.2, 0.25) is 10.0 Å². The Morgan fingerprint density at radius 1 is 1.26 bits per heavy atom. The van der Waals surface area contributed by atoms with Crippen molar-refractivity contribution in [2.75, 3.05) is 26.7 Å². The highest BCUT2D eigenvalue weighted by Gasteiger charge is 2.24. The standard InChI is InChI=1S/C17H22N4O5S/c1-26-17(23)21-11-7-14(8-12-21)20-16(22)13-3-5-15(6-4-13)27(24,25)19-10-2-9-18/h3-6,14,19H,2,7-8,10-12H2,1H3,(H,20,22). The largest absolute Gasteiger partial charge is 0.453 e. The molecule has 2 amide bonds. The molecule has 1 aromatic carbocycles. The van der Waals surface area contributed by atoms with Gasteiger partial charge in [0.05, 0.1) is 18.1 Å². The molecule has 0 aliphatic carbocycles. The molecule has 1 aliphatic heterocycles. The van der Waals surface area contributed by atoms with Crippen LogP contribution in [0, 0.1) is 11.3 Å². The maximum atomic E-state index is 12.3. The van der Waals surface area contributed by atoms with Crippen molar-refractivity contribution >= 4 is 22.0 Å². The predicted molar refractivity (Wildman–Crippen MR) is 96.3 cm³/mol. The number of carbonyl (C=O) groups excluding carboxylic acids is 2. The van der Waals surface area contributed by atoms with E-state index < -0.39 is 10.0 Å². The number of hydrogen-bond donors (Lipinski definition) is 2. The number of likely N-dealkylation sites (tertiary alicyclic amines) is 1. The molecule has 0 spiro atoms. The SMILES string of the molecule is COC(=O)N1CCC(NC(=O)c2ccc(S(=O)(=O)NCCC#N)cc2)CC1. The monoisotopic (exact) mass is 394 g/mol. The summed E-state index contributed by atoms with van der Waals surface area (Å²) in [5, 5.41) is 11.4. The van der Waals surface area contributed by atoms with Crippen LogP contribution in [0.1, 0.15) is 29.6 Å². The van der Waals surface area contributed by atoms with Gasteiger partial charge in [-0.25, -0.2) is 17.9 Å². The van der Waals surface area contributed by atoms with Crippen LogP contribution in [-0.2, 0) is 14.8 Å². The number of nitrogens with one attached hydrogen (secondary N) is 2. The molecule has 2 rings (SSSR count). The van der Waals surface area contributed by atoms with Crippen molar-refractivity contribution in [1.29, 1.82) is 5.26 Å². The molecule has 10 heteroatoms. The fourth-order valence-corrected chi connectivity index (χ4v) is 3.75. The highest BCUT2D eigenvalue weighted by atomic mass is 32.2. The van der Waals surface area contributed by atoms with Crippen molar-refractivity contribution in [3.05, 3.63) is 29.8 Å². The summed E-state index contributed by atoms with van der Waals surface area (Å²) in [6, 6.07) is 7.38. The van der Waals surface area contributed by atoms with Crippen molar-refractivity contribution in [3.63, 3.8) is 0 Å². The molecule has 2 N–H and O–H groups in total. The highest BCUT2D eigenvalue weighted by Crippen LogP contribution is 2.14. The Hall–Kier alpha value is -2.64. The second-order valence-electron chi connectivity index (χ2n) is 6.04. The lowest BCUT2D eigenvalue weighted by atomic mass is 10.0. The zero-order valence-corrected chi connectivity index (χ0v) is 15.8. The van der Waals surface area contributed by atoms with Gasteiger partial charge in [0, 0.05) is 37.7 Å². The zero-order valence-electron chi connectivity index (χ0n) is 15.0. The molecule has 146 valence electrons. The summed E-state index contributed by atoms with van der Waals surface area (Å²) >= 11 is 0. The van der Waals surface area contributed by atoms with Gasteiger partial charge in [0.1, 0.15) is 0 Å². The smallest absolute Gasteiger partial charge is 0.409 e. The fraction of sp³-hybridized carbons (Fsp3) is 0.471. The van der Waals surface area contributed by atoms with Crippen LogP contribution < -0.4 is 10.0 Å². The molecular formula is C17H22N4O5S. The van der Waals surface area contributed by atoms with E-state index in [0.29, 0.717) is 31.5 Å². The van der Waals surface area contributed by atoms with Crippen molar-refractivity contribution < 1.29 is 22.7 Å². The molecule has 27 heavy (non-hydrogen) atoms. The number of methoxy groups -OCH3 is 1. The van der Waals surface area contributed by atoms with Crippen molar-refractivity contribution in [3.8, 4) is 6.07 Å². The number of ether oxygens (including phenoxy) is 1. The Labute approximate surface area is 158 Å². The number of carbonyl (C=O) groups is 2. The molecule has 1 saturated heterocycles. The van der Waals surface area contributed by atoms with Crippen molar-refractivity contribution in [1.82, 2.24) is 14.9 Å². The molecule has 1 heterocycles. The van der Waals surface area contributed by atoms with Crippen LogP contribution in [0.2, 0.25) is 0 Å². The minimum atomic E-state index is -3.70. The first-order valence-corrected chi connectivity index (χ1v) is 9.96. The van der Waals surface area contributed by atoms with Gasteiger partial charge in [-0.3, -0.25) is 4.79 Å². The molecule has 0 aromatic heterocycles. The van der Waals surface area contributed by atoms with Crippen LogP contribution in [0.15, 0.2) is 29.2 Å². The number of amides is 2. The number of piperidine rings is 1. The average molecular weight is 394 g/mol. The first-order chi connectivity index (χ1) is 12.9. The van der Waals surface area contributed by atoms with E-state index in [1.54, 1.807) is 4.90 Å². The van der Waals surface area contributed by atoms with E-state index in [1.165, 1.54) is 31.4 Å². The topological polar surface area (TPSA) is 129 Å². The highest BCUT2D eigenvalue weighted by molar-refractivity contribution is 7.89. The predicted octanol–water partition coefficient (Wildman–Crippen LogP) is 0.839. The van der Waals surface area contributed by atoms with Gasteiger partial charge in [0.25, 0.3) is 5.91 Å². The summed E-state index contributed by atoms with van der Waals surface area (Å²) in [7, 11) is -2.37. The maximum absolute atomic E-state index is 12.3. The third-order valence-corrected chi connectivity index (χ3v) is 5.70. The summed E-state index contributed by atoms with van der Waals surface area (Å²) in [5.41, 5.74) is 0.348. The zero-order chi connectivity index (χ0) is 19.9. The molecule has 0 bridgehead atoms. The number of nitrogens with zero attached hydrogens (tertiary/aromatic N) is 2. The third-order valence-electron chi connectivity index (χ3n) is 4.22. The fourth-order valence-electron chi connectivity index (χ4n) is 2.71. The Balaban J connectivity index is 1.91. The summed E-state index contributed by atoms with van der Waals surface area (Å²) < 4.78 is 31.1. The quantitative estimate of drug-likeness (QED) is 0.688. The molecule has 0 unspecified atom stereocenters. The van der Waals surface area contributed by atoms with Crippen molar-refractivity contribution in [2.45, 2.75) is 30.2 Å². The van der Waals surface area contributed by atoms with Crippen LogP contribution in [-0.4, -0.2) is 58.1 Å². The molecule has 1 aliphatic rings. The van der Waals surface area contributed by atoms with E-state index in [-0.39, 0.29) is 35.9 Å². The lowest BCUT2D eigenvalue weighted by molar-refractivity contribution is 0.0892. The van der Waals surface area contributed by atoms with Gasteiger partial charge in [-0.05, 0) is 37.1 Å². The van der Waals surface area contributed by atoms with Gasteiger partial charge >= 0.3 is 6.09 Å². The van der Waals surface area contributed by atoms with Gasteiger partial charge in [-0.1, -0.05) is 0 Å². The first kappa shape index (κ1) is 20.7. The molecule has 1 fully saturated rings. The van der Waals surface area contributed by atoms with Crippen LogP contribution >= 0.6 is 0 Å². The van der Waals surface area contributed by atoms with E-state index in [0.717, 1.165) is 0 Å². The molecular weight excluding hydrogens is 372 g/mol. The minimum Gasteiger partial charge on any atom is -0.453 e. The number of hydrogen-bond acceptors (Lipinski definition) is 6. The van der Waals surface area contributed by atoms with Crippen LogP contribution in [0.3, 0.4) is 0 Å². The Morgan fingerprint density at radius 2 is 1.89 bits per heavy atom. The lowest BCUT2D eigenvalue weighted by Crippen LogP contribution is -2.46. The Kier molecular flexibility index (Phi) is 7.15. The number of sulfonamides is 1. The summed E-state index contributed by atoms with van der Waals surface area (Å²) in [6.45, 7) is 1.04. The summed E-state index contributed by atoms with van der Waals surface area (Å²) in [5.74, 6) is -0.298. The number of rotatable bonds is 6. The number of nitriles is 1. The summed E-state index contributed by atoms with van der Waals surface area (Å²) in [4.78, 5) is 25.4. The van der Waals surface area contributed by atoms with Crippen LogP contribution in [0.4, 0.5) is 4.79 Å². The maximum Gasteiger partial charge on any atom is 0.409 e. The second-order valence-corrected chi connectivity index (χ2v) is 7.80. The van der Waals surface area contributed by atoms with Crippen molar-refractivity contribution in [2.24, 2.45) is 0 Å². The lowest BCUT2D eigenvalue weighted by Gasteiger charge is -2.31. The van der Waals surface area contributed by atoms with Crippen LogP contribution in [0.5, 0.6) is 0 Å². The Bertz CT molecular complexity index is 809. The molecule has 0 atom stereocenters. The van der Waals surface area contributed by atoms with Gasteiger partial charge in [0.15, 0.2) is 0 Å². The van der Waals surface area contributed by atoms with Gasteiger partial charge in [-0.15, -0.1) is 0 Å². The number of benzene rings is 1. The molecule has 9 nitrogen and oxygen atoms in total. The first-order valence-electron chi connectivity index (χ1n) is 8.48. The molecule has 0 radical (unpaired) electrons. The molecule has 0 saturated carbocycles. The van der Waals surface area contributed by atoms with E-state index in [9.17, 15) is 18.0 Å². The van der Waals surface area contributed by atoms with E-state index in [4.69, 9.17) is 5.26 Å². The Morgan fingerprint density at radius 3 is 2.44 bits per heavy atom. The summed E-state index contributed by atoms with van der Waals surface area (Å²) in [6.07, 6.45) is 0.945. The second kappa shape index (κ2) is 9.34. The van der Waals surface area contributed by atoms with E-state index >= 15 is 0 Å².